The molecule has 2 aromatic carbocycles. The van der Waals surface area contributed by atoms with Crippen LogP contribution in [0, 0.1) is 6.92 Å². The van der Waals surface area contributed by atoms with Gasteiger partial charge in [0.25, 0.3) is 0 Å². The van der Waals surface area contributed by atoms with Crippen LogP contribution in [0.15, 0.2) is 59.8 Å². The predicted molar refractivity (Wildman–Crippen MR) is 115 cm³/mol. The average Bonchev–Trinajstić information content (AvgIpc) is 3.19. The number of carbonyl (C=O) groups excluding carboxylic acids is 1. The van der Waals surface area contributed by atoms with Crippen LogP contribution in [0.5, 0.6) is 5.75 Å². The van der Waals surface area contributed by atoms with E-state index >= 15 is 0 Å². The highest BCUT2D eigenvalue weighted by Gasteiger charge is 2.35. The monoisotopic (exact) mass is 419 g/mol. The van der Waals surface area contributed by atoms with E-state index in [2.05, 4.69) is 33.8 Å². The van der Waals surface area contributed by atoms with Gasteiger partial charge in [0.05, 0.1) is 11.7 Å². The van der Waals surface area contributed by atoms with Crippen LogP contribution in [0.3, 0.4) is 0 Å². The van der Waals surface area contributed by atoms with E-state index in [-0.39, 0.29) is 6.10 Å². The van der Waals surface area contributed by atoms with Crippen LogP contribution in [0.25, 0.3) is 0 Å². The van der Waals surface area contributed by atoms with Gasteiger partial charge in [-0.15, -0.1) is 0 Å². The summed E-state index contributed by atoms with van der Waals surface area (Å²) in [6, 6.07) is 15.2. The molecular formula is C23H25N5O3. The molecular weight excluding hydrogens is 394 g/mol. The van der Waals surface area contributed by atoms with Crippen molar-refractivity contribution in [3.63, 3.8) is 0 Å². The molecule has 1 aliphatic heterocycles. The maximum Gasteiger partial charge on any atom is 0.338 e. The molecule has 0 saturated carbocycles. The minimum Gasteiger partial charge on any atom is -0.489 e. The van der Waals surface area contributed by atoms with Gasteiger partial charge in [0, 0.05) is 5.70 Å². The fourth-order valence-corrected chi connectivity index (χ4v) is 3.57. The zero-order valence-electron chi connectivity index (χ0n) is 18.0. The van der Waals surface area contributed by atoms with Crippen LogP contribution in [0.2, 0.25) is 0 Å². The SMILES string of the molecule is CC1=C(C(=O)OC(C)C)C(c2cccc(OCc3ccccc3C)c2)n2nnnc2N1. The number of benzene rings is 2. The molecule has 8 nitrogen and oxygen atoms in total. The van der Waals surface area contributed by atoms with E-state index in [1.54, 1.807) is 4.68 Å². The van der Waals surface area contributed by atoms with Gasteiger partial charge in [-0.25, -0.2) is 4.79 Å². The third kappa shape index (κ3) is 4.28. The highest BCUT2D eigenvalue weighted by molar-refractivity contribution is 5.92. The molecule has 160 valence electrons. The summed E-state index contributed by atoms with van der Waals surface area (Å²) in [5.41, 5.74) is 4.24. The van der Waals surface area contributed by atoms with Gasteiger partial charge in [-0.1, -0.05) is 41.5 Å². The van der Waals surface area contributed by atoms with Crippen LogP contribution in [-0.2, 0) is 16.1 Å². The summed E-state index contributed by atoms with van der Waals surface area (Å²) in [5, 5.41) is 15.0. The van der Waals surface area contributed by atoms with Gasteiger partial charge in [0.1, 0.15) is 18.4 Å². The fourth-order valence-electron chi connectivity index (χ4n) is 3.57. The van der Waals surface area contributed by atoms with Gasteiger partial charge in [-0.05, 0) is 66.9 Å². The average molecular weight is 419 g/mol. The molecule has 0 saturated heterocycles. The first kappa shape index (κ1) is 20.6. The van der Waals surface area contributed by atoms with E-state index in [0.717, 1.165) is 11.1 Å². The number of esters is 1. The van der Waals surface area contributed by atoms with Crippen molar-refractivity contribution in [1.82, 2.24) is 20.2 Å². The molecule has 1 aliphatic rings. The van der Waals surface area contributed by atoms with Crippen molar-refractivity contribution < 1.29 is 14.3 Å². The number of carbonyl (C=O) groups is 1. The summed E-state index contributed by atoms with van der Waals surface area (Å²) in [6.45, 7) is 7.98. The summed E-state index contributed by atoms with van der Waals surface area (Å²) in [7, 11) is 0. The molecule has 1 N–H and O–H groups in total. The van der Waals surface area contributed by atoms with Crippen molar-refractivity contribution in [2.24, 2.45) is 0 Å². The van der Waals surface area contributed by atoms with Crippen molar-refractivity contribution in [2.75, 3.05) is 5.32 Å². The zero-order chi connectivity index (χ0) is 22.0. The third-order valence-corrected chi connectivity index (χ3v) is 5.11. The Morgan fingerprint density at radius 1 is 1.16 bits per heavy atom. The number of tetrazole rings is 1. The third-order valence-electron chi connectivity index (χ3n) is 5.11. The summed E-state index contributed by atoms with van der Waals surface area (Å²) in [6.07, 6.45) is -0.243. The van der Waals surface area contributed by atoms with Crippen molar-refractivity contribution in [3.05, 3.63) is 76.5 Å². The first-order chi connectivity index (χ1) is 14.9. The number of nitrogens with zero attached hydrogens (tertiary/aromatic N) is 4. The van der Waals surface area contributed by atoms with Crippen molar-refractivity contribution >= 4 is 11.9 Å². The first-order valence-electron chi connectivity index (χ1n) is 10.2. The predicted octanol–water partition coefficient (Wildman–Crippen LogP) is 3.80. The Balaban J connectivity index is 1.67. The molecule has 0 amide bonds. The van der Waals surface area contributed by atoms with E-state index in [4.69, 9.17) is 9.47 Å². The minimum absolute atomic E-state index is 0.243. The van der Waals surface area contributed by atoms with Gasteiger partial charge in [0.15, 0.2) is 0 Å². The molecule has 4 rings (SSSR count). The van der Waals surface area contributed by atoms with Gasteiger partial charge < -0.3 is 14.8 Å². The quantitative estimate of drug-likeness (QED) is 0.608. The molecule has 1 aromatic heterocycles. The van der Waals surface area contributed by atoms with Gasteiger partial charge in [-0.2, -0.15) is 4.68 Å². The minimum atomic E-state index is -0.528. The lowest BCUT2D eigenvalue weighted by atomic mass is 9.95. The van der Waals surface area contributed by atoms with Gasteiger partial charge in [-0.3, -0.25) is 0 Å². The number of nitrogens with one attached hydrogen (secondary N) is 1. The molecule has 31 heavy (non-hydrogen) atoms. The zero-order valence-corrected chi connectivity index (χ0v) is 18.0. The highest BCUT2D eigenvalue weighted by Crippen LogP contribution is 2.36. The largest absolute Gasteiger partial charge is 0.489 e. The number of fused-ring (bicyclic) bond motifs is 1. The topological polar surface area (TPSA) is 91.2 Å². The molecule has 0 bridgehead atoms. The number of rotatable bonds is 6. The van der Waals surface area contributed by atoms with Crippen LogP contribution in [-0.4, -0.2) is 32.3 Å². The number of ether oxygens (including phenoxy) is 2. The second-order valence-electron chi connectivity index (χ2n) is 7.75. The van der Waals surface area contributed by atoms with Crippen molar-refractivity contribution in [3.8, 4) is 5.75 Å². The van der Waals surface area contributed by atoms with Crippen molar-refractivity contribution in [1.29, 1.82) is 0 Å². The van der Waals surface area contributed by atoms with E-state index in [0.29, 0.717) is 29.6 Å². The molecule has 0 spiro atoms. The maximum atomic E-state index is 12.9. The molecule has 0 radical (unpaired) electrons. The number of hydrogen-bond acceptors (Lipinski definition) is 7. The maximum absolute atomic E-state index is 12.9. The number of aromatic nitrogens is 4. The van der Waals surface area contributed by atoms with Crippen LogP contribution in [0.4, 0.5) is 5.95 Å². The molecule has 1 unspecified atom stereocenters. The molecule has 2 heterocycles. The summed E-state index contributed by atoms with van der Waals surface area (Å²) in [4.78, 5) is 12.9. The lowest BCUT2D eigenvalue weighted by molar-refractivity contribution is -0.143. The Kier molecular flexibility index (Phi) is 5.70. The summed E-state index contributed by atoms with van der Waals surface area (Å²) in [5.74, 6) is 0.760. The van der Waals surface area contributed by atoms with Crippen LogP contribution < -0.4 is 10.1 Å². The Morgan fingerprint density at radius 3 is 2.74 bits per heavy atom. The van der Waals surface area contributed by atoms with Gasteiger partial charge in [0.2, 0.25) is 5.95 Å². The second kappa shape index (κ2) is 8.59. The Hall–Kier alpha value is -3.68. The van der Waals surface area contributed by atoms with E-state index in [9.17, 15) is 4.79 Å². The van der Waals surface area contributed by atoms with E-state index in [1.807, 2.05) is 63.2 Å². The Bertz CT molecular complexity index is 1140. The lowest BCUT2D eigenvalue weighted by Gasteiger charge is -2.28. The highest BCUT2D eigenvalue weighted by atomic mass is 16.5. The molecule has 0 aliphatic carbocycles. The number of aryl methyl sites for hydroxylation is 1. The normalized spacial score (nSPS) is 15.5. The van der Waals surface area contributed by atoms with Crippen LogP contribution >= 0.6 is 0 Å². The molecule has 1 atom stereocenters. The summed E-state index contributed by atoms with van der Waals surface area (Å²) < 4.78 is 13.1. The number of allylic oxidation sites excluding steroid dienone is 1. The van der Waals surface area contributed by atoms with Crippen molar-refractivity contribution in [2.45, 2.75) is 46.4 Å². The molecule has 8 heteroatoms. The number of anilines is 1. The van der Waals surface area contributed by atoms with Crippen LogP contribution in [0.1, 0.15) is 43.5 Å². The first-order valence-corrected chi connectivity index (χ1v) is 10.2. The fraction of sp³-hybridized carbons (Fsp3) is 0.304. The molecule has 3 aromatic rings. The van der Waals surface area contributed by atoms with Gasteiger partial charge >= 0.3 is 5.97 Å². The second-order valence-corrected chi connectivity index (χ2v) is 7.75. The smallest absolute Gasteiger partial charge is 0.338 e. The Labute approximate surface area is 180 Å². The number of hydrogen-bond donors (Lipinski definition) is 1. The Morgan fingerprint density at radius 2 is 1.97 bits per heavy atom. The molecule has 0 fully saturated rings. The van der Waals surface area contributed by atoms with E-state index < -0.39 is 12.0 Å². The van der Waals surface area contributed by atoms with E-state index in [1.165, 1.54) is 5.56 Å². The standard InChI is InChI=1S/C23H25N5O3/c1-14(2)31-22(29)20-16(4)24-23-25-26-27-28(23)21(20)17-10-7-11-19(12-17)30-13-18-9-6-5-8-15(18)3/h5-12,14,21H,13H2,1-4H3,(H,24,25,27). The lowest BCUT2D eigenvalue weighted by Crippen LogP contribution is -2.30. The summed E-state index contributed by atoms with van der Waals surface area (Å²) >= 11 is 0.